The number of hydrogen-bond donors (Lipinski definition) is 2. The Kier molecular flexibility index (Phi) is 4.39. The van der Waals surface area contributed by atoms with Gasteiger partial charge in [0.05, 0.1) is 0 Å². The molecule has 0 unspecified atom stereocenters. The van der Waals surface area contributed by atoms with Gasteiger partial charge in [-0.25, -0.2) is 0 Å². The lowest BCUT2D eigenvalue weighted by Crippen LogP contribution is -2.61. The number of nitrogens with zero attached hydrogens (tertiary/aromatic N) is 1. The fraction of sp³-hybridized carbons (Fsp3) is 0.647. The molecule has 0 bridgehead atoms. The molecule has 3 heteroatoms. The third-order valence-corrected chi connectivity index (χ3v) is 4.91. The Morgan fingerprint density at radius 1 is 1.05 bits per heavy atom. The summed E-state index contributed by atoms with van der Waals surface area (Å²) in [6.45, 7) is 2.79. The normalized spacial score (nSPS) is 24.1. The quantitative estimate of drug-likeness (QED) is 0.810. The van der Waals surface area contributed by atoms with Crippen molar-refractivity contribution < 1.29 is 5.11 Å². The van der Waals surface area contributed by atoms with Gasteiger partial charge in [0.25, 0.3) is 0 Å². The van der Waals surface area contributed by atoms with Crippen LogP contribution in [0.2, 0.25) is 0 Å². The third kappa shape index (κ3) is 2.90. The van der Waals surface area contributed by atoms with Gasteiger partial charge in [-0.1, -0.05) is 43.2 Å². The highest BCUT2D eigenvalue weighted by atomic mass is 16.3. The van der Waals surface area contributed by atoms with Gasteiger partial charge in [0.1, 0.15) is 0 Å². The first kappa shape index (κ1) is 14.1. The zero-order valence-electron chi connectivity index (χ0n) is 12.2. The molecule has 1 aromatic rings. The van der Waals surface area contributed by atoms with Gasteiger partial charge in [0.2, 0.25) is 0 Å². The Bertz CT molecular complexity index is 392. The predicted octanol–water partition coefficient (Wildman–Crippen LogP) is 2.71. The maximum absolute atomic E-state index is 11.3. The van der Waals surface area contributed by atoms with E-state index in [4.69, 9.17) is 0 Å². The Balaban J connectivity index is 1.71. The van der Waals surface area contributed by atoms with E-state index in [0.29, 0.717) is 5.92 Å². The average Bonchev–Trinajstić information content (AvgIpc) is 3.18. The highest BCUT2D eigenvalue weighted by Gasteiger charge is 2.43. The number of rotatable bonds is 5. The molecule has 0 spiro atoms. The first-order valence-corrected chi connectivity index (χ1v) is 8.05. The molecular formula is C17H26N2O. The second-order valence-electron chi connectivity index (χ2n) is 6.24. The third-order valence-electron chi connectivity index (χ3n) is 4.91. The van der Waals surface area contributed by atoms with Crippen molar-refractivity contribution in [3.8, 4) is 0 Å². The van der Waals surface area contributed by atoms with Crippen molar-refractivity contribution in [1.82, 2.24) is 10.2 Å². The number of hydrogen-bond acceptors (Lipinski definition) is 3. The van der Waals surface area contributed by atoms with Gasteiger partial charge in [-0.05, 0) is 31.2 Å². The lowest BCUT2D eigenvalue weighted by molar-refractivity contribution is -0.166. The van der Waals surface area contributed by atoms with Gasteiger partial charge in [0, 0.05) is 25.6 Å². The van der Waals surface area contributed by atoms with Gasteiger partial charge in [-0.2, -0.15) is 0 Å². The standard InChI is InChI=1S/C17H26N2O/c20-17(16-10-4-5-11-16,19-12-6-7-13-19)18-14-15-8-2-1-3-9-15/h1-3,8-9,16,18,20H,4-7,10-14H2/t17-/m1/s1. The van der Waals surface area contributed by atoms with Crippen LogP contribution in [0, 0.1) is 5.92 Å². The summed E-state index contributed by atoms with van der Waals surface area (Å²) in [5.74, 6) is -0.424. The van der Waals surface area contributed by atoms with E-state index in [1.807, 2.05) is 6.07 Å². The minimum Gasteiger partial charge on any atom is -0.362 e. The number of aliphatic hydroxyl groups is 1. The Morgan fingerprint density at radius 2 is 1.70 bits per heavy atom. The molecule has 1 aliphatic heterocycles. The molecule has 110 valence electrons. The van der Waals surface area contributed by atoms with Crippen molar-refractivity contribution >= 4 is 0 Å². The Labute approximate surface area is 122 Å². The van der Waals surface area contributed by atoms with Crippen LogP contribution in [-0.2, 0) is 6.54 Å². The molecule has 1 saturated carbocycles. The predicted molar refractivity (Wildman–Crippen MR) is 81.0 cm³/mol. The van der Waals surface area contributed by atoms with Crippen LogP contribution in [0.25, 0.3) is 0 Å². The van der Waals surface area contributed by atoms with Gasteiger partial charge in [-0.3, -0.25) is 10.2 Å². The molecule has 0 aromatic heterocycles. The van der Waals surface area contributed by atoms with E-state index in [9.17, 15) is 5.11 Å². The zero-order valence-corrected chi connectivity index (χ0v) is 12.2. The fourth-order valence-electron chi connectivity index (χ4n) is 3.73. The van der Waals surface area contributed by atoms with E-state index in [1.165, 1.54) is 31.2 Å². The van der Waals surface area contributed by atoms with Gasteiger partial charge in [-0.15, -0.1) is 0 Å². The van der Waals surface area contributed by atoms with Crippen LogP contribution in [0.3, 0.4) is 0 Å². The molecule has 20 heavy (non-hydrogen) atoms. The summed E-state index contributed by atoms with van der Waals surface area (Å²) in [4.78, 5) is 2.27. The van der Waals surface area contributed by atoms with E-state index < -0.39 is 5.85 Å². The second kappa shape index (κ2) is 6.25. The molecule has 2 aliphatic rings. The molecule has 1 aliphatic carbocycles. The van der Waals surface area contributed by atoms with Crippen molar-refractivity contribution in [2.75, 3.05) is 13.1 Å². The van der Waals surface area contributed by atoms with Crippen LogP contribution < -0.4 is 5.32 Å². The summed E-state index contributed by atoms with van der Waals surface area (Å²) in [6.07, 6.45) is 7.23. The minimum absolute atomic E-state index is 0.379. The summed E-state index contributed by atoms with van der Waals surface area (Å²) in [5, 5.41) is 14.8. The number of likely N-dealkylation sites (tertiary alicyclic amines) is 1. The first-order chi connectivity index (χ1) is 9.79. The molecule has 0 radical (unpaired) electrons. The number of nitrogens with one attached hydrogen (secondary N) is 1. The molecule has 1 heterocycles. The molecule has 0 amide bonds. The maximum Gasteiger partial charge on any atom is 0.177 e. The summed E-state index contributed by atoms with van der Waals surface area (Å²) in [7, 11) is 0. The smallest absolute Gasteiger partial charge is 0.177 e. The summed E-state index contributed by atoms with van der Waals surface area (Å²) in [6, 6.07) is 10.4. The van der Waals surface area contributed by atoms with Gasteiger partial charge in [0.15, 0.2) is 5.85 Å². The molecule has 2 N–H and O–H groups in total. The van der Waals surface area contributed by atoms with Crippen LogP contribution in [0.5, 0.6) is 0 Å². The maximum atomic E-state index is 11.3. The summed E-state index contributed by atoms with van der Waals surface area (Å²) in [5.41, 5.74) is 1.24. The van der Waals surface area contributed by atoms with Crippen molar-refractivity contribution in [3.63, 3.8) is 0 Å². The van der Waals surface area contributed by atoms with Gasteiger partial charge >= 0.3 is 0 Å². The van der Waals surface area contributed by atoms with Crippen LogP contribution in [0.15, 0.2) is 30.3 Å². The van der Waals surface area contributed by atoms with Crippen LogP contribution in [0.4, 0.5) is 0 Å². The molecule has 1 saturated heterocycles. The zero-order chi connectivity index (χ0) is 13.8. The lowest BCUT2D eigenvalue weighted by atomic mass is 9.99. The van der Waals surface area contributed by atoms with E-state index >= 15 is 0 Å². The summed E-state index contributed by atoms with van der Waals surface area (Å²) < 4.78 is 0. The largest absolute Gasteiger partial charge is 0.362 e. The molecule has 1 aromatic carbocycles. The van der Waals surface area contributed by atoms with Crippen LogP contribution >= 0.6 is 0 Å². The molecule has 3 rings (SSSR count). The van der Waals surface area contributed by atoms with E-state index in [0.717, 1.165) is 32.5 Å². The molecule has 2 fully saturated rings. The fourth-order valence-corrected chi connectivity index (χ4v) is 3.73. The first-order valence-electron chi connectivity index (χ1n) is 8.05. The van der Waals surface area contributed by atoms with Gasteiger partial charge < -0.3 is 5.11 Å². The SMILES string of the molecule is O[C@@](NCc1ccccc1)(C1CCCC1)N1CCCC1. The van der Waals surface area contributed by atoms with Crippen molar-refractivity contribution in [3.05, 3.63) is 35.9 Å². The highest BCUT2D eigenvalue weighted by molar-refractivity contribution is 5.14. The Hall–Kier alpha value is -0.900. The molecule has 3 nitrogen and oxygen atoms in total. The van der Waals surface area contributed by atoms with E-state index in [-0.39, 0.29) is 0 Å². The second-order valence-corrected chi connectivity index (χ2v) is 6.24. The van der Waals surface area contributed by atoms with Crippen LogP contribution in [0.1, 0.15) is 44.1 Å². The average molecular weight is 274 g/mol. The Morgan fingerprint density at radius 3 is 2.35 bits per heavy atom. The lowest BCUT2D eigenvalue weighted by Gasteiger charge is -2.42. The van der Waals surface area contributed by atoms with Crippen molar-refractivity contribution in [2.45, 2.75) is 50.9 Å². The molecule has 1 atom stereocenters. The van der Waals surface area contributed by atoms with Crippen molar-refractivity contribution in [2.24, 2.45) is 5.92 Å². The van der Waals surface area contributed by atoms with E-state index in [1.54, 1.807) is 0 Å². The monoisotopic (exact) mass is 274 g/mol. The summed E-state index contributed by atoms with van der Waals surface area (Å²) >= 11 is 0. The van der Waals surface area contributed by atoms with Crippen LogP contribution in [-0.4, -0.2) is 28.9 Å². The van der Waals surface area contributed by atoms with Crippen molar-refractivity contribution in [1.29, 1.82) is 0 Å². The van der Waals surface area contributed by atoms with E-state index in [2.05, 4.69) is 34.5 Å². The highest BCUT2D eigenvalue weighted by Crippen LogP contribution is 2.36. The number of benzene rings is 1. The topological polar surface area (TPSA) is 35.5 Å². The molecular weight excluding hydrogens is 248 g/mol. The minimum atomic E-state index is -0.803.